The average molecular weight is 1250 g/mol. The molecule has 0 bridgehead atoms. The van der Waals surface area contributed by atoms with Crippen molar-refractivity contribution in [3.8, 4) is 0 Å². The Hall–Kier alpha value is -0.0700. The van der Waals surface area contributed by atoms with E-state index in [0.29, 0.717) is 19.6 Å². The lowest BCUT2D eigenvalue weighted by Gasteiger charge is -2.16. The van der Waals surface area contributed by atoms with Gasteiger partial charge in [0.2, 0.25) is 5.91 Å². The molecule has 514 valence electrons. The van der Waals surface area contributed by atoms with Crippen molar-refractivity contribution >= 4 is 29.4 Å². The molecule has 0 rings (SSSR count). The van der Waals surface area contributed by atoms with Gasteiger partial charge in [-0.2, -0.15) is 23.5 Å². The average Bonchev–Trinajstić information content (AvgIpc) is 3.52. The standard InChI is InChI=1S/C25H51NO3.2C25H52O2S/c1-3-5-7-9-11-13-14-16-18-20-25(28)26-22-24(23-27)29-21-19-17-15-12-10-8-6-4-2;2*1-3-5-7-9-11-13-14-16-18-20-22-28-24-25(23-26)27-21-19-17-15-12-10-8-6-4-2/h24,27H,3-23H2,1-2H3,(H,26,28);2*25-26H,3-24H2,1-2H3/t;2*25-/m.10/s1. The van der Waals surface area contributed by atoms with Crippen LogP contribution in [0.4, 0.5) is 0 Å². The SMILES string of the molecule is CCCCCCCCCCCC(=O)NCC(CO)OCCCCCCCCCC.CCCCCCCCCCCCSC[C@@H](CO)OCCCCCCCCCC.CCCCCCCCCCCCSC[C@H](CO)OCCCCCCCCCC. The minimum absolute atomic E-state index is 0.0324. The minimum atomic E-state index is -0.272. The Morgan fingerprint density at radius 1 is 0.294 bits per heavy atom. The number of carbonyl (C=O) groups excluding carboxylic acids is 1. The van der Waals surface area contributed by atoms with E-state index in [1.54, 1.807) is 0 Å². The summed E-state index contributed by atoms with van der Waals surface area (Å²) < 4.78 is 17.5. The number of hydrogen-bond donors (Lipinski definition) is 4. The number of rotatable bonds is 71. The summed E-state index contributed by atoms with van der Waals surface area (Å²) in [6.45, 7) is 16.6. The monoisotopic (exact) mass is 1250 g/mol. The number of hydrogen-bond acceptors (Lipinski definition) is 9. The van der Waals surface area contributed by atoms with Gasteiger partial charge < -0.3 is 34.8 Å². The molecule has 8 nitrogen and oxygen atoms in total. The van der Waals surface area contributed by atoms with E-state index in [-0.39, 0.29) is 44.0 Å². The first-order chi connectivity index (χ1) is 41.9. The predicted molar refractivity (Wildman–Crippen MR) is 381 cm³/mol. The third-order valence-electron chi connectivity index (χ3n) is 16.6. The van der Waals surface area contributed by atoms with Crippen LogP contribution in [0, 0.1) is 0 Å². The van der Waals surface area contributed by atoms with Crippen LogP contribution in [0.3, 0.4) is 0 Å². The number of amides is 1. The van der Waals surface area contributed by atoms with Crippen molar-refractivity contribution in [2.24, 2.45) is 0 Å². The van der Waals surface area contributed by atoms with Gasteiger partial charge in [-0.25, -0.2) is 0 Å². The molecule has 0 aliphatic rings. The van der Waals surface area contributed by atoms with E-state index in [4.69, 9.17) is 14.2 Å². The summed E-state index contributed by atoms with van der Waals surface area (Å²) in [5.41, 5.74) is 0. The molecule has 0 spiro atoms. The highest BCUT2D eigenvalue weighted by Crippen LogP contribution is 2.18. The number of thioether (sulfide) groups is 2. The molecule has 0 heterocycles. The number of unbranched alkanes of at least 4 members (excludes halogenated alkanes) is 47. The first-order valence-electron chi connectivity index (χ1n) is 38.0. The van der Waals surface area contributed by atoms with Gasteiger partial charge in [-0.05, 0) is 50.0 Å². The molecular weight excluding hydrogens is 1090 g/mol. The summed E-state index contributed by atoms with van der Waals surface area (Å²) in [5.74, 6) is 4.42. The maximum atomic E-state index is 11.9. The lowest BCUT2D eigenvalue weighted by Crippen LogP contribution is -2.35. The van der Waals surface area contributed by atoms with Gasteiger partial charge in [0.1, 0.15) is 0 Å². The van der Waals surface area contributed by atoms with Crippen LogP contribution in [0.1, 0.15) is 388 Å². The third-order valence-corrected chi connectivity index (χ3v) is 19.0. The van der Waals surface area contributed by atoms with Crippen LogP contribution in [0.2, 0.25) is 0 Å². The molecule has 0 saturated heterocycles. The van der Waals surface area contributed by atoms with Crippen molar-refractivity contribution in [3.05, 3.63) is 0 Å². The largest absolute Gasteiger partial charge is 0.394 e. The topological polar surface area (TPSA) is 117 Å². The van der Waals surface area contributed by atoms with Gasteiger partial charge in [-0.15, -0.1) is 0 Å². The summed E-state index contributed by atoms with van der Waals surface area (Å²) >= 11 is 3.92. The normalized spacial score (nSPS) is 12.4. The van der Waals surface area contributed by atoms with Crippen molar-refractivity contribution in [2.75, 3.05) is 69.2 Å². The van der Waals surface area contributed by atoms with Crippen molar-refractivity contribution < 1.29 is 34.3 Å². The number of aliphatic hydroxyl groups excluding tert-OH is 3. The molecule has 4 N–H and O–H groups in total. The molecule has 0 aromatic rings. The van der Waals surface area contributed by atoms with Gasteiger partial charge in [0.25, 0.3) is 0 Å². The Labute approximate surface area is 541 Å². The second-order valence-electron chi connectivity index (χ2n) is 25.3. The number of ether oxygens (including phenoxy) is 3. The Balaban J connectivity index is -0.00000119. The summed E-state index contributed by atoms with van der Waals surface area (Å²) in [6, 6.07) is 0. The number of nitrogens with one attached hydrogen (secondary N) is 1. The lowest BCUT2D eigenvalue weighted by molar-refractivity contribution is -0.122. The summed E-state index contributed by atoms with van der Waals surface area (Å²) in [4.78, 5) is 11.9. The predicted octanol–water partition coefficient (Wildman–Crippen LogP) is 22.9. The van der Waals surface area contributed by atoms with Crippen LogP contribution in [0.15, 0.2) is 0 Å². The maximum absolute atomic E-state index is 11.9. The van der Waals surface area contributed by atoms with Gasteiger partial charge in [0.15, 0.2) is 0 Å². The van der Waals surface area contributed by atoms with Crippen molar-refractivity contribution in [2.45, 2.75) is 407 Å². The lowest BCUT2D eigenvalue weighted by atomic mass is 10.1. The van der Waals surface area contributed by atoms with Gasteiger partial charge in [0.05, 0.1) is 38.1 Å². The zero-order valence-electron chi connectivity index (χ0n) is 58.5. The van der Waals surface area contributed by atoms with Crippen molar-refractivity contribution in [1.82, 2.24) is 5.32 Å². The number of carbonyl (C=O) groups is 1. The summed E-state index contributed by atoms with van der Waals surface area (Å²) in [7, 11) is 0. The molecule has 0 radical (unpaired) electrons. The van der Waals surface area contributed by atoms with Crippen LogP contribution in [0.25, 0.3) is 0 Å². The second kappa shape index (κ2) is 83.9. The molecule has 85 heavy (non-hydrogen) atoms. The summed E-state index contributed by atoms with van der Waals surface area (Å²) in [5, 5.41) is 31.3. The first-order valence-corrected chi connectivity index (χ1v) is 40.3. The molecule has 0 aliphatic carbocycles. The molecule has 0 aromatic heterocycles. The second-order valence-corrected chi connectivity index (χ2v) is 27.6. The Kier molecular flexibility index (Phi) is 88.0. The summed E-state index contributed by atoms with van der Waals surface area (Å²) in [6.07, 6.45) is 71.1. The fourth-order valence-corrected chi connectivity index (χ4v) is 12.7. The van der Waals surface area contributed by atoms with Gasteiger partial charge in [-0.1, -0.05) is 343 Å². The number of aliphatic hydroxyl groups is 3. The van der Waals surface area contributed by atoms with Crippen molar-refractivity contribution in [3.63, 3.8) is 0 Å². The molecule has 0 saturated carbocycles. The van der Waals surface area contributed by atoms with E-state index in [1.165, 1.54) is 320 Å². The molecule has 10 heteroatoms. The molecule has 1 amide bonds. The van der Waals surface area contributed by atoms with E-state index in [2.05, 4.69) is 46.9 Å². The highest BCUT2D eigenvalue weighted by molar-refractivity contribution is 7.99. The smallest absolute Gasteiger partial charge is 0.220 e. The Bertz CT molecular complexity index is 1100. The van der Waals surface area contributed by atoms with Gasteiger partial charge in [0, 0.05) is 44.3 Å². The fourth-order valence-electron chi connectivity index (χ4n) is 10.7. The van der Waals surface area contributed by atoms with Crippen LogP contribution in [0.5, 0.6) is 0 Å². The van der Waals surface area contributed by atoms with E-state index in [0.717, 1.165) is 56.8 Å². The third kappa shape index (κ3) is 81.9. The van der Waals surface area contributed by atoms with E-state index in [1.807, 2.05) is 23.5 Å². The quantitative estimate of drug-likeness (QED) is 0.0442. The highest BCUT2D eigenvalue weighted by atomic mass is 32.2. The van der Waals surface area contributed by atoms with E-state index >= 15 is 0 Å². The molecule has 0 aromatic carbocycles. The highest BCUT2D eigenvalue weighted by Gasteiger charge is 2.11. The zero-order chi connectivity index (χ0) is 62.5. The van der Waals surface area contributed by atoms with E-state index in [9.17, 15) is 20.1 Å². The first kappa shape index (κ1) is 89.1. The van der Waals surface area contributed by atoms with Gasteiger partial charge >= 0.3 is 0 Å². The molecular formula is C75H155NO7S2. The van der Waals surface area contributed by atoms with Gasteiger partial charge in [-0.3, -0.25) is 4.79 Å². The molecule has 1 unspecified atom stereocenters. The fraction of sp³-hybridized carbons (Fsp3) is 0.987. The van der Waals surface area contributed by atoms with Crippen LogP contribution in [-0.4, -0.2) is 109 Å². The van der Waals surface area contributed by atoms with Crippen LogP contribution in [-0.2, 0) is 19.0 Å². The molecule has 3 atom stereocenters. The van der Waals surface area contributed by atoms with Crippen LogP contribution < -0.4 is 5.32 Å². The maximum Gasteiger partial charge on any atom is 0.220 e. The zero-order valence-corrected chi connectivity index (χ0v) is 60.1. The Morgan fingerprint density at radius 3 is 0.753 bits per heavy atom. The molecule has 0 aliphatic heterocycles. The van der Waals surface area contributed by atoms with E-state index < -0.39 is 0 Å². The molecule has 0 fully saturated rings. The van der Waals surface area contributed by atoms with Crippen LogP contribution >= 0.6 is 23.5 Å². The van der Waals surface area contributed by atoms with Crippen molar-refractivity contribution in [1.29, 1.82) is 0 Å². The minimum Gasteiger partial charge on any atom is -0.394 e. The Morgan fingerprint density at radius 2 is 0.506 bits per heavy atom.